The molecule has 2 rings (SSSR count). The van der Waals surface area contributed by atoms with E-state index in [1.807, 2.05) is 0 Å². The molecule has 0 saturated heterocycles. The molecule has 70 valence electrons. The molecule has 0 spiro atoms. The highest BCUT2D eigenvalue weighted by Crippen LogP contribution is 2.34. The SMILES string of the molecule is CC(C)N1Cc2ccccc2C1C. The second kappa shape index (κ2) is 3.15. The summed E-state index contributed by atoms with van der Waals surface area (Å²) < 4.78 is 0. The third kappa shape index (κ3) is 1.37. The van der Waals surface area contributed by atoms with Gasteiger partial charge in [-0.05, 0) is 31.9 Å². The van der Waals surface area contributed by atoms with E-state index in [4.69, 9.17) is 0 Å². The van der Waals surface area contributed by atoms with Crippen LogP contribution in [0.4, 0.5) is 0 Å². The van der Waals surface area contributed by atoms with E-state index in [0.717, 1.165) is 6.54 Å². The average Bonchev–Trinajstić information content (AvgIpc) is 2.45. The first kappa shape index (κ1) is 8.76. The van der Waals surface area contributed by atoms with Gasteiger partial charge in [-0.1, -0.05) is 24.3 Å². The van der Waals surface area contributed by atoms with Crippen LogP contribution in [-0.2, 0) is 6.54 Å². The predicted octanol–water partition coefficient (Wildman–Crippen LogP) is 2.97. The molecule has 1 heterocycles. The van der Waals surface area contributed by atoms with Gasteiger partial charge in [0.15, 0.2) is 0 Å². The fourth-order valence-corrected chi connectivity index (χ4v) is 2.23. The first-order valence-electron chi connectivity index (χ1n) is 5.03. The van der Waals surface area contributed by atoms with Gasteiger partial charge in [0.25, 0.3) is 0 Å². The molecule has 1 aromatic carbocycles. The average molecular weight is 175 g/mol. The van der Waals surface area contributed by atoms with Gasteiger partial charge in [-0.15, -0.1) is 0 Å². The van der Waals surface area contributed by atoms with Crippen LogP contribution in [0.5, 0.6) is 0 Å². The number of hydrogen-bond donors (Lipinski definition) is 0. The van der Waals surface area contributed by atoms with Gasteiger partial charge < -0.3 is 0 Å². The van der Waals surface area contributed by atoms with Crippen molar-refractivity contribution in [2.75, 3.05) is 0 Å². The minimum absolute atomic E-state index is 0.594. The van der Waals surface area contributed by atoms with Crippen molar-refractivity contribution in [1.29, 1.82) is 0 Å². The van der Waals surface area contributed by atoms with Crippen molar-refractivity contribution in [3.63, 3.8) is 0 Å². The first-order valence-corrected chi connectivity index (χ1v) is 5.03. The molecule has 0 saturated carbocycles. The van der Waals surface area contributed by atoms with E-state index in [-0.39, 0.29) is 0 Å². The lowest BCUT2D eigenvalue weighted by molar-refractivity contribution is 0.180. The lowest BCUT2D eigenvalue weighted by Crippen LogP contribution is -2.27. The Labute approximate surface area is 80.4 Å². The number of rotatable bonds is 1. The molecule has 13 heavy (non-hydrogen) atoms. The molecule has 0 fully saturated rings. The molecule has 0 bridgehead atoms. The fraction of sp³-hybridized carbons (Fsp3) is 0.500. The van der Waals surface area contributed by atoms with Crippen molar-refractivity contribution in [2.24, 2.45) is 0 Å². The summed E-state index contributed by atoms with van der Waals surface area (Å²) in [5, 5.41) is 0. The van der Waals surface area contributed by atoms with Crippen LogP contribution >= 0.6 is 0 Å². The topological polar surface area (TPSA) is 3.24 Å². The maximum atomic E-state index is 2.53. The lowest BCUT2D eigenvalue weighted by atomic mass is 10.1. The van der Waals surface area contributed by atoms with Gasteiger partial charge in [-0.25, -0.2) is 0 Å². The molecule has 0 N–H and O–H groups in total. The van der Waals surface area contributed by atoms with Crippen LogP contribution in [0.15, 0.2) is 24.3 Å². The van der Waals surface area contributed by atoms with Gasteiger partial charge in [-0.3, -0.25) is 4.90 Å². The van der Waals surface area contributed by atoms with Gasteiger partial charge >= 0.3 is 0 Å². The van der Waals surface area contributed by atoms with Crippen LogP contribution in [0.1, 0.15) is 37.9 Å². The standard InChI is InChI=1S/C12H17N/c1-9(2)13-8-11-6-4-5-7-12(11)10(13)3/h4-7,9-10H,8H2,1-3H3. The lowest BCUT2D eigenvalue weighted by Gasteiger charge is -2.25. The fourth-order valence-electron chi connectivity index (χ4n) is 2.23. The zero-order valence-electron chi connectivity index (χ0n) is 8.62. The summed E-state index contributed by atoms with van der Waals surface area (Å²) >= 11 is 0. The summed E-state index contributed by atoms with van der Waals surface area (Å²) in [6.45, 7) is 7.95. The van der Waals surface area contributed by atoms with E-state index in [1.54, 1.807) is 0 Å². The normalized spacial score (nSPS) is 22.3. The Balaban J connectivity index is 2.32. The molecule has 0 aliphatic carbocycles. The Morgan fingerprint density at radius 3 is 2.62 bits per heavy atom. The van der Waals surface area contributed by atoms with Crippen LogP contribution in [0.3, 0.4) is 0 Å². The minimum atomic E-state index is 0.594. The van der Waals surface area contributed by atoms with Crippen molar-refractivity contribution >= 4 is 0 Å². The molecule has 1 heteroatoms. The van der Waals surface area contributed by atoms with E-state index >= 15 is 0 Å². The largest absolute Gasteiger partial charge is 0.290 e. The molecule has 1 aliphatic heterocycles. The van der Waals surface area contributed by atoms with E-state index in [1.165, 1.54) is 11.1 Å². The van der Waals surface area contributed by atoms with Crippen LogP contribution in [0.2, 0.25) is 0 Å². The van der Waals surface area contributed by atoms with Crippen LogP contribution in [0.25, 0.3) is 0 Å². The van der Waals surface area contributed by atoms with Crippen molar-refractivity contribution in [1.82, 2.24) is 4.90 Å². The zero-order valence-corrected chi connectivity index (χ0v) is 8.62. The van der Waals surface area contributed by atoms with Crippen molar-refractivity contribution < 1.29 is 0 Å². The highest BCUT2D eigenvalue weighted by atomic mass is 15.2. The molecule has 1 aromatic rings. The minimum Gasteiger partial charge on any atom is -0.290 e. The van der Waals surface area contributed by atoms with Gasteiger partial charge in [-0.2, -0.15) is 0 Å². The third-order valence-corrected chi connectivity index (χ3v) is 3.02. The van der Waals surface area contributed by atoms with Gasteiger partial charge in [0, 0.05) is 18.6 Å². The Hall–Kier alpha value is -0.820. The number of benzene rings is 1. The van der Waals surface area contributed by atoms with Crippen LogP contribution in [-0.4, -0.2) is 10.9 Å². The number of fused-ring (bicyclic) bond motifs is 1. The Bertz CT molecular complexity index is 304. The first-order chi connectivity index (χ1) is 6.20. The number of nitrogens with zero attached hydrogens (tertiary/aromatic N) is 1. The van der Waals surface area contributed by atoms with E-state index < -0.39 is 0 Å². The molecule has 0 amide bonds. The van der Waals surface area contributed by atoms with Gasteiger partial charge in [0.1, 0.15) is 0 Å². The molecule has 1 atom stereocenters. The third-order valence-electron chi connectivity index (χ3n) is 3.02. The van der Waals surface area contributed by atoms with Crippen molar-refractivity contribution in [2.45, 2.75) is 39.4 Å². The Morgan fingerprint density at radius 2 is 2.00 bits per heavy atom. The maximum absolute atomic E-state index is 2.53. The summed E-state index contributed by atoms with van der Waals surface area (Å²) in [7, 11) is 0. The van der Waals surface area contributed by atoms with E-state index in [9.17, 15) is 0 Å². The molecule has 1 aliphatic rings. The second-order valence-corrected chi connectivity index (χ2v) is 4.14. The molecule has 1 unspecified atom stereocenters. The molecule has 0 aromatic heterocycles. The quantitative estimate of drug-likeness (QED) is 0.634. The summed E-state index contributed by atoms with van der Waals surface area (Å²) in [4.78, 5) is 2.53. The summed E-state index contributed by atoms with van der Waals surface area (Å²) in [5.74, 6) is 0. The summed E-state index contributed by atoms with van der Waals surface area (Å²) in [6.07, 6.45) is 0. The monoisotopic (exact) mass is 175 g/mol. The molecular weight excluding hydrogens is 158 g/mol. The van der Waals surface area contributed by atoms with Crippen molar-refractivity contribution in [3.05, 3.63) is 35.4 Å². The van der Waals surface area contributed by atoms with Gasteiger partial charge in [0.2, 0.25) is 0 Å². The molecule has 1 nitrogen and oxygen atoms in total. The van der Waals surface area contributed by atoms with Crippen LogP contribution < -0.4 is 0 Å². The Kier molecular flexibility index (Phi) is 2.12. The van der Waals surface area contributed by atoms with E-state index in [0.29, 0.717) is 12.1 Å². The van der Waals surface area contributed by atoms with Gasteiger partial charge in [0.05, 0.1) is 0 Å². The highest BCUT2D eigenvalue weighted by Gasteiger charge is 2.27. The summed E-state index contributed by atoms with van der Waals surface area (Å²) in [6, 6.07) is 10.0. The maximum Gasteiger partial charge on any atom is 0.0329 e. The van der Waals surface area contributed by atoms with E-state index in [2.05, 4.69) is 49.9 Å². The molecular formula is C12H17N. The predicted molar refractivity (Wildman–Crippen MR) is 55.5 cm³/mol. The Morgan fingerprint density at radius 1 is 1.31 bits per heavy atom. The molecule has 0 radical (unpaired) electrons. The highest BCUT2D eigenvalue weighted by molar-refractivity contribution is 5.33. The second-order valence-electron chi connectivity index (χ2n) is 4.14. The van der Waals surface area contributed by atoms with Crippen molar-refractivity contribution in [3.8, 4) is 0 Å². The van der Waals surface area contributed by atoms with Crippen LogP contribution in [0, 0.1) is 0 Å². The smallest absolute Gasteiger partial charge is 0.0329 e. The number of hydrogen-bond acceptors (Lipinski definition) is 1. The zero-order chi connectivity index (χ0) is 9.42. The summed E-state index contributed by atoms with van der Waals surface area (Å²) in [5.41, 5.74) is 3.01.